The maximum atomic E-state index is 12.2. The molecule has 0 radical (unpaired) electrons. The van der Waals surface area contributed by atoms with Gasteiger partial charge in [-0.3, -0.25) is 0 Å². The molecule has 0 saturated heterocycles. The molecule has 0 unspecified atom stereocenters. The molecule has 0 N–H and O–H groups in total. The second kappa shape index (κ2) is 7.44. The number of ether oxygens (including phenoxy) is 3. The molecule has 0 spiro atoms. The maximum Gasteiger partial charge on any atom is 0.363 e. The average molecular weight is 351 g/mol. The fourth-order valence-electron chi connectivity index (χ4n) is 2.61. The van der Waals surface area contributed by atoms with Gasteiger partial charge >= 0.3 is 5.97 Å². The number of methoxy groups -OCH3 is 1. The van der Waals surface area contributed by atoms with E-state index in [9.17, 15) is 4.79 Å². The number of aliphatic imine (C=N–C) groups is 1. The molecule has 0 amide bonds. The van der Waals surface area contributed by atoms with E-state index in [-0.39, 0.29) is 5.70 Å². The molecule has 0 fully saturated rings. The lowest BCUT2D eigenvalue weighted by Crippen LogP contribution is -2.05. The van der Waals surface area contributed by atoms with Gasteiger partial charge in [-0.25, -0.2) is 9.79 Å². The van der Waals surface area contributed by atoms with Crippen molar-refractivity contribution in [1.82, 2.24) is 0 Å². The molecule has 5 heteroatoms. The highest BCUT2D eigenvalue weighted by Crippen LogP contribution is 2.29. The predicted molar refractivity (Wildman–Crippen MR) is 101 cm³/mol. The Morgan fingerprint density at radius 1 is 1.08 bits per heavy atom. The van der Waals surface area contributed by atoms with E-state index in [1.54, 1.807) is 19.3 Å². The normalized spacial score (nSPS) is 15.0. The zero-order chi connectivity index (χ0) is 18.7. The molecule has 26 heavy (non-hydrogen) atoms. The summed E-state index contributed by atoms with van der Waals surface area (Å²) in [6.07, 6.45) is 1.68. The molecule has 0 aliphatic carbocycles. The van der Waals surface area contributed by atoms with Crippen molar-refractivity contribution < 1.29 is 19.0 Å². The Balaban J connectivity index is 1.92. The molecule has 0 atom stereocenters. The van der Waals surface area contributed by atoms with Crippen LogP contribution < -0.4 is 9.47 Å². The first-order valence-corrected chi connectivity index (χ1v) is 8.43. The number of nitrogens with zero attached hydrogens (tertiary/aromatic N) is 1. The van der Waals surface area contributed by atoms with E-state index < -0.39 is 5.97 Å². The Kier molecular flexibility index (Phi) is 5.07. The standard InChI is InChI=1S/C21H21NO4/c1-5-25-18-9-7-15(12-19(18)24-4)11-17-21(23)26-20(22-17)16-8-6-13(2)14(3)10-16/h6-12H,5H2,1-4H3/b17-11-. The van der Waals surface area contributed by atoms with Gasteiger partial charge in [0.05, 0.1) is 13.7 Å². The van der Waals surface area contributed by atoms with Gasteiger partial charge in [-0.2, -0.15) is 0 Å². The number of benzene rings is 2. The van der Waals surface area contributed by atoms with E-state index in [4.69, 9.17) is 14.2 Å². The number of aryl methyl sites for hydroxylation is 2. The lowest BCUT2D eigenvalue weighted by molar-refractivity contribution is -0.129. The molecule has 2 aromatic rings. The van der Waals surface area contributed by atoms with Crippen molar-refractivity contribution in [3.8, 4) is 11.5 Å². The number of hydrogen-bond acceptors (Lipinski definition) is 5. The molecule has 5 nitrogen and oxygen atoms in total. The van der Waals surface area contributed by atoms with Crippen LogP contribution in [0.3, 0.4) is 0 Å². The smallest absolute Gasteiger partial charge is 0.363 e. The van der Waals surface area contributed by atoms with Gasteiger partial charge in [0.25, 0.3) is 0 Å². The Bertz CT molecular complexity index is 912. The molecule has 0 bridgehead atoms. The second-order valence-corrected chi connectivity index (χ2v) is 5.98. The molecule has 0 saturated carbocycles. The number of cyclic esters (lactones) is 1. The van der Waals surface area contributed by atoms with Gasteiger partial charge in [-0.15, -0.1) is 0 Å². The van der Waals surface area contributed by atoms with Crippen molar-refractivity contribution in [3.05, 3.63) is 64.3 Å². The second-order valence-electron chi connectivity index (χ2n) is 5.98. The third-order valence-electron chi connectivity index (χ3n) is 4.17. The quantitative estimate of drug-likeness (QED) is 0.602. The summed E-state index contributed by atoms with van der Waals surface area (Å²) in [6.45, 7) is 6.50. The van der Waals surface area contributed by atoms with Crippen LogP contribution >= 0.6 is 0 Å². The zero-order valence-electron chi connectivity index (χ0n) is 15.3. The molecular formula is C21H21NO4. The van der Waals surface area contributed by atoms with E-state index in [0.717, 1.165) is 16.7 Å². The summed E-state index contributed by atoms with van der Waals surface area (Å²) in [5, 5.41) is 0. The van der Waals surface area contributed by atoms with Crippen molar-refractivity contribution in [2.75, 3.05) is 13.7 Å². The third kappa shape index (κ3) is 3.61. The first kappa shape index (κ1) is 17.7. The third-order valence-corrected chi connectivity index (χ3v) is 4.17. The highest BCUT2D eigenvalue weighted by molar-refractivity contribution is 6.12. The Labute approximate surface area is 152 Å². The highest BCUT2D eigenvalue weighted by Gasteiger charge is 2.24. The lowest BCUT2D eigenvalue weighted by Gasteiger charge is -2.09. The molecule has 1 heterocycles. The number of rotatable bonds is 5. The van der Waals surface area contributed by atoms with Crippen molar-refractivity contribution in [2.24, 2.45) is 4.99 Å². The minimum atomic E-state index is -0.467. The average Bonchev–Trinajstić information content (AvgIpc) is 2.99. The predicted octanol–water partition coefficient (Wildman–Crippen LogP) is 4.06. The van der Waals surface area contributed by atoms with Crippen LogP contribution in [0, 0.1) is 13.8 Å². The summed E-state index contributed by atoms with van der Waals surface area (Å²) in [7, 11) is 1.58. The summed E-state index contributed by atoms with van der Waals surface area (Å²) in [6, 6.07) is 11.3. The van der Waals surface area contributed by atoms with E-state index >= 15 is 0 Å². The summed E-state index contributed by atoms with van der Waals surface area (Å²) < 4.78 is 16.2. The summed E-state index contributed by atoms with van der Waals surface area (Å²) in [5.41, 5.74) is 4.12. The number of carbonyl (C=O) groups is 1. The highest BCUT2D eigenvalue weighted by atomic mass is 16.6. The monoisotopic (exact) mass is 351 g/mol. The van der Waals surface area contributed by atoms with Crippen LogP contribution in [0.5, 0.6) is 11.5 Å². The summed E-state index contributed by atoms with van der Waals surface area (Å²) >= 11 is 0. The van der Waals surface area contributed by atoms with Gasteiger partial charge in [0.2, 0.25) is 5.90 Å². The van der Waals surface area contributed by atoms with Crippen LogP contribution in [0.1, 0.15) is 29.2 Å². The fourth-order valence-corrected chi connectivity index (χ4v) is 2.61. The maximum absolute atomic E-state index is 12.2. The van der Waals surface area contributed by atoms with Crippen LogP contribution in [0.15, 0.2) is 47.1 Å². The number of esters is 1. The molecule has 1 aliphatic rings. The van der Waals surface area contributed by atoms with Gasteiger partial charge in [-0.1, -0.05) is 12.1 Å². The van der Waals surface area contributed by atoms with Crippen LogP contribution in [0.4, 0.5) is 0 Å². The van der Waals surface area contributed by atoms with Crippen molar-refractivity contribution >= 4 is 17.9 Å². The molecule has 0 aromatic heterocycles. The summed E-state index contributed by atoms with van der Waals surface area (Å²) in [4.78, 5) is 16.5. The molecule has 2 aromatic carbocycles. The van der Waals surface area contributed by atoms with Gasteiger partial charge in [0.1, 0.15) is 0 Å². The fraction of sp³-hybridized carbons (Fsp3) is 0.238. The van der Waals surface area contributed by atoms with E-state index in [2.05, 4.69) is 4.99 Å². The van der Waals surface area contributed by atoms with Crippen LogP contribution in [0.2, 0.25) is 0 Å². The molecular weight excluding hydrogens is 330 g/mol. The molecule has 3 rings (SSSR count). The lowest BCUT2D eigenvalue weighted by atomic mass is 10.1. The minimum Gasteiger partial charge on any atom is -0.493 e. The Morgan fingerprint density at radius 2 is 1.88 bits per heavy atom. The van der Waals surface area contributed by atoms with Crippen LogP contribution in [0.25, 0.3) is 6.08 Å². The van der Waals surface area contributed by atoms with Crippen molar-refractivity contribution in [3.63, 3.8) is 0 Å². The SMILES string of the molecule is CCOc1ccc(/C=C2\N=C(c3ccc(C)c(C)c3)OC2=O)cc1OC. The van der Waals surface area contributed by atoms with E-state index in [1.807, 2.05) is 51.1 Å². The van der Waals surface area contributed by atoms with Crippen molar-refractivity contribution in [2.45, 2.75) is 20.8 Å². The van der Waals surface area contributed by atoms with Gasteiger partial charge in [0.15, 0.2) is 17.2 Å². The Morgan fingerprint density at radius 3 is 2.58 bits per heavy atom. The first-order valence-electron chi connectivity index (χ1n) is 8.43. The van der Waals surface area contributed by atoms with Crippen LogP contribution in [-0.4, -0.2) is 25.6 Å². The Hall–Kier alpha value is -3.08. The van der Waals surface area contributed by atoms with Crippen LogP contribution in [-0.2, 0) is 9.53 Å². The van der Waals surface area contributed by atoms with Gasteiger partial charge in [-0.05, 0) is 67.8 Å². The zero-order valence-corrected chi connectivity index (χ0v) is 15.3. The first-order chi connectivity index (χ1) is 12.5. The molecule has 134 valence electrons. The topological polar surface area (TPSA) is 57.1 Å². The van der Waals surface area contributed by atoms with Crippen molar-refractivity contribution in [1.29, 1.82) is 0 Å². The minimum absolute atomic E-state index is 0.254. The number of hydrogen-bond donors (Lipinski definition) is 0. The largest absolute Gasteiger partial charge is 0.493 e. The van der Waals surface area contributed by atoms with Gasteiger partial charge < -0.3 is 14.2 Å². The summed E-state index contributed by atoms with van der Waals surface area (Å²) in [5.74, 6) is 1.12. The van der Waals surface area contributed by atoms with E-state index in [1.165, 1.54) is 5.56 Å². The van der Waals surface area contributed by atoms with Gasteiger partial charge in [0, 0.05) is 5.56 Å². The van der Waals surface area contributed by atoms with E-state index in [0.29, 0.717) is 24.0 Å². The number of carbonyl (C=O) groups excluding carboxylic acids is 1. The molecule has 1 aliphatic heterocycles.